The van der Waals surface area contributed by atoms with Gasteiger partial charge >= 0.3 is 5.97 Å². The Kier molecular flexibility index (Phi) is 7.81. The molecule has 7 nitrogen and oxygen atoms in total. The Morgan fingerprint density at radius 2 is 1.96 bits per heavy atom. The summed E-state index contributed by atoms with van der Waals surface area (Å²) in [6.45, 7) is 9.23. The Labute approximate surface area is 147 Å². The molecule has 0 spiro atoms. The minimum absolute atomic E-state index is 0.0340. The molecule has 0 aliphatic carbocycles. The average molecular weight is 348 g/mol. The zero-order valence-corrected chi connectivity index (χ0v) is 14.8. The number of benzene rings is 1. The molecule has 1 atom stereocenters. The predicted molar refractivity (Wildman–Crippen MR) is 95.6 cm³/mol. The van der Waals surface area contributed by atoms with Crippen LogP contribution in [0.15, 0.2) is 48.1 Å². The molecule has 7 heteroatoms. The zero-order valence-electron chi connectivity index (χ0n) is 14.8. The van der Waals surface area contributed by atoms with Crippen LogP contribution in [0.5, 0.6) is 0 Å². The highest BCUT2D eigenvalue weighted by Gasteiger charge is 2.19. The van der Waals surface area contributed by atoms with Crippen LogP contribution >= 0.6 is 0 Å². The van der Waals surface area contributed by atoms with Crippen molar-refractivity contribution in [3.05, 3.63) is 58.2 Å². The third kappa shape index (κ3) is 6.76. The molecule has 0 bridgehead atoms. The lowest BCUT2D eigenvalue weighted by Gasteiger charge is -2.28. The Bertz CT molecular complexity index is 652. The number of allylic oxidation sites excluding steroid dienone is 1. The molecule has 0 amide bonds. The lowest BCUT2D eigenvalue weighted by molar-refractivity contribution is -0.384. The fraction of sp³-hybridized carbons (Fsp3) is 0.389. The monoisotopic (exact) mass is 348 g/mol. The van der Waals surface area contributed by atoms with E-state index in [1.807, 2.05) is 19.9 Å². The van der Waals surface area contributed by atoms with Crippen molar-refractivity contribution in [2.75, 3.05) is 11.7 Å². The summed E-state index contributed by atoms with van der Waals surface area (Å²) in [5, 5.41) is 22.2. The van der Waals surface area contributed by atoms with Gasteiger partial charge in [-0.05, 0) is 44.9 Å². The molecule has 0 aromatic heterocycles. The molecule has 0 saturated carbocycles. The normalized spacial score (nSPS) is 12.4. The first-order valence-electron chi connectivity index (χ1n) is 7.89. The molecule has 1 rings (SSSR count). The molecule has 25 heavy (non-hydrogen) atoms. The number of esters is 1. The Hall–Kier alpha value is -2.67. The Morgan fingerprint density at radius 3 is 2.44 bits per heavy atom. The minimum atomic E-state index is -0.487. The number of anilines is 1. The van der Waals surface area contributed by atoms with Gasteiger partial charge in [-0.2, -0.15) is 0 Å². The summed E-state index contributed by atoms with van der Waals surface area (Å²) in [6, 6.07) is 5.35. The molecular weight excluding hydrogens is 324 g/mol. The average Bonchev–Trinajstić information content (AvgIpc) is 2.54. The van der Waals surface area contributed by atoms with Gasteiger partial charge in [0, 0.05) is 19.1 Å². The standard InChI is InChI=1S/C18H24N2O5/c1-13(2)18(10-5-14(3)11-12-25-15(4)21)19(22)16-6-8-17(9-7-16)20(23)24/h6-9,11,18,22H,1,5,10,12H2,2-4H3/b14-11+. The Balaban J connectivity index is 2.73. The number of carbonyl (C=O) groups excluding carboxylic acids is 1. The van der Waals surface area contributed by atoms with E-state index in [0.717, 1.165) is 16.2 Å². The Morgan fingerprint density at radius 1 is 1.36 bits per heavy atom. The van der Waals surface area contributed by atoms with E-state index < -0.39 is 4.92 Å². The van der Waals surface area contributed by atoms with Crippen LogP contribution in [0.4, 0.5) is 11.4 Å². The van der Waals surface area contributed by atoms with E-state index in [0.29, 0.717) is 18.5 Å². The van der Waals surface area contributed by atoms with E-state index >= 15 is 0 Å². The number of nitrogens with zero attached hydrogens (tertiary/aromatic N) is 2. The molecule has 1 aromatic rings. The maximum atomic E-state index is 10.7. The number of carbonyl (C=O) groups is 1. The summed E-state index contributed by atoms with van der Waals surface area (Å²) in [4.78, 5) is 21.0. The second kappa shape index (κ2) is 9.58. The summed E-state index contributed by atoms with van der Waals surface area (Å²) in [7, 11) is 0. The number of hydrogen-bond donors (Lipinski definition) is 1. The van der Waals surface area contributed by atoms with Crippen molar-refractivity contribution in [2.45, 2.75) is 39.7 Å². The van der Waals surface area contributed by atoms with Gasteiger partial charge in [-0.15, -0.1) is 0 Å². The van der Waals surface area contributed by atoms with Crippen LogP contribution in [0.1, 0.15) is 33.6 Å². The third-order valence-corrected chi connectivity index (χ3v) is 3.72. The van der Waals surface area contributed by atoms with E-state index in [2.05, 4.69) is 6.58 Å². The van der Waals surface area contributed by atoms with Crippen molar-refractivity contribution >= 4 is 17.3 Å². The van der Waals surface area contributed by atoms with E-state index in [1.165, 1.54) is 31.2 Å². The molecule has 0 heterocycles. The van der Waals surface area contributed by atoms with Gasteiger partial charge in [-0.25, -0.2) is 5.06 Å². The lowest BCUT2D eigenvalue weighted by Crippen LogP contribution is -2.33. The second-order valence-electron chi connectivity index (χ2n) is 5.87. The van der Waals surface area contributed by atoms with E-state index in [1.54, 1.807) is 0 Å². The van der Waals surface area contributed by atoms with Gasteiger partial charge in [0.05, 0.1) is 16.7 Å². The first-order valence-corrected chi connectivity index (χ1v) is 7.89. The first-order chi connectivity index (χ1) is 11.7. The van der Waals surface area contributed by atoms with E-state index in [-0.39, 0.29) is 24.3 Å². The minimum Gasteiger partial charge on any atom is -0.462 e. The SMILES string of the molecule is C=C(C)C(CC/C(C)=C/COC(C)=O)N(O)c1ccc([N+](=O)[O-])cc1. The highest BCUT2D eigenvalue weighted by atomic mass is 16.6. The number of nitro groups is 1. The van der Waals surface area contributed by atoms with Crippen molar-refractivity contribution in [3.8, 4) is 0 Å². The van der Waals surface area contributed by atoms with Gasteiger partial charge in [0.25, 0.3) is 5.69 Å². The van der Waals surface area contributed by atoms with Crippen LogP contribution in [0, 0.1) is 10.1 Å². The van der Waals surface area contributed by atoms with Gasteiger partial charge in [-0.1, -0.05) is 17.7 Å². The molecule has 1 aromatic carbocycles. The highest BCUT2D eigenvalue weighted by Crippen LogP contribution is 2.24. The fourth-order valence-corrected chi connectivity index (χ4v) is 2.25. The van der Waals surface area contributed by atoms with Gasteiger partial charge in [-0.3, -0.25) is 20.1 Å². The van der Waals surface area contributed by atoms with Crippen LogP contribution in [0.25, 0.3) is 0 Å². The van der Waals surface area contributed by atoms with Crippen LogP contribution < -0.4 is 5.06 Å². The van der Waals surface area contributed by atoms with Crippen LogP contribution in [-0.2, 0) is 9.53 Å². The summed E-state index contributed by atoms with van der Waals surface area (Å²) >= 11 is 0. The zero-order chi connectivity index (χ0) is 19.0. The van der Waals surface area contributed by atoms with Crippen molar-refractivity contribution in [3.63, 3.8) is 0 Å². The van der Waals surface area contributed by atoms with Gasteiger partial charge in [0.15, 0.2) is 0 Å². The van der Waals surface area contributed by atoms with Gasteiger partial charge in [0.2, 0.25) is 0 Å². The largest absolute Gasteiger partial charge is 0.462 e. The maximum Gasteiger partial charge on any atom is 0.302 e. The van der Waals surface area contributed by atoms with Crippen LogP contribution in [-0.4, -0.2) is 28.7 Å². The maximum absolute atomic E-state index is 10.7. The van der Waals surface area contributed by atoms with E-state index in [9.17, 15) is 20.1 Å². The molecular formula is C18H24N2O5. The molecule has 1 N–H and O–H groups in total. The molecule has 0 aliphatic heterocycles. The highest BCUT2D eigenvalue weighted by molar-refractivity contribution is 5.66. The van der Waals surface area contributed by atoms with Gasteiger partial charge in [0.1, 0.15) is 6.61 Å². The van der Waals surface area contributed by atoms with Crippen LogP contribution in [0.2, 0.25) is 0 Å². The molecule has 0 fully saturated rings. The summed E-state index contributed by atoms with van der Waals surface area (Å²) in [5.74, 6) is -0.330. The fourth-order valence-electron chi connectivity index (χ4n) is 2.25. The van der Waals surface area contributed by atoms with Crippen molar-refractivity contribution in [1.29, 1.82) is 0 Å². The van der Waals surface area contributed by atoms with Crippen molar-refractivity contribution < 1.29 is 19.7 Å². The molecule has 1 unspecified atom stereocenters. The topological polar surface area (TPSA) is 92.9 Å². The lowest BCUT2D eigenvalue weighted by atomic mass is 10.0. The third-order valence-electron chi connectivity index (χ3n) is 3.72. The molecule has 0 aliphatic rings. The summed E-state index contributed by atoms with van der Waals surface area (Å²) in [6.07, 6.45) is 3.11. The molecule has 0 saturated heterocycles. The summed E-state index contributed by atoms with van der Waals surface area (Å²) < 4.78 is 4.87. The van der Waals surface area contributed by atoms with Crippen molar-refractivity contribution in [2.24, 2.45) is 0 Å². The first kappa shape index (κ1) is 20.4. The van der Waals surface area contributed by atoms with Gasteiger partial charge < -0.3 is 4.74 Å². The number of nitro benzene ring substituents is 1. The number of hydroxylamine groups is 1. The number of rotatable bonds is 9. The van der Waals surface area contributed by atoms with Crippen LogP contribution in [0.3, 0.4) is 0 Å². The van der Waals surface area contributed by atoms with E-state index in [4.69, 9.17) is 4.74 Å². The predicted octanol–water partition coefficient (Wildman–Crippen LogP) is 4.02. The second-order valence-corrected chi connectivity index (χ2v) is 5.87. The number of ether oxygens (including phenoxy) is 1. The molecule has 136 valence electrons. The summed E-state index contributed by atoms with van der Waals surface area (Å²) in [5.41, 5.74) is 2.23. The van der Waals surface area contributed by atoms with Crippen molar-refractivity contribution in [1.82, 2.24) is 0 Å². The number of non-ortho nitro benzene ring substituents is 1. The number of hydrogen-bond acceptors (Lipinski definition) is 6. The molecule has 0 radical (unpaired) electrons. The quantitative estimate of drug-likeness (QED) is 0.313. The smallest absolute Gasteiger partial charge is 0.302 e.